The molecule has 0 fully saturated rings. The molecule has 0 aliphatic rings. The molecule has 13 heteroatoms. The van der Waals surface area contributed by atoms with E-state index in [1.54, 1.807) is 12.1 Å². The van der Waals surface area contributed by atoms with Crippen LogP contribution in [0.15, 0.2) is 146 Å². The average Bonchev–Trinajstić information content (AvgIpc) is 3.65. The Morgan fingerprint density at radius 2 is 1.21 bits per heavy atom. The smallest absolute Gasteiger partial charge is 0.382 e. The van der Waals surface area contributed by atoms with Crippen LogP contribution in [-0.2, 0) is 6.18 Å². The SMILES string of the molecule is CCC(C)Nc1ccc(N=Nc2ccc(N=Nc3ccc(N=Nc4nc(-c5ccc(C(F)(F)F)cc5)ns4)c(C)c3)c3ccccc23)c2ccccc12. The zero-order valence-corrected chi connectivity index (χ0v) is 29.7. The monoisotopic (exact) mass is 727 g/mol. The number of anilines is 1. The fourth-order valence-electron chi connectivity index (χ4n) is 5.62. The Kier molecular flexibility index (Phi) is 10.1. The summed E-state index contributed by atoms with van der Waals surface area (Å²) in [5, 5.41) is 34.7. The van der Waals surface area contributed by atoms with Crippen LogP contribution in [0.25, 0.3) is 32.9 Å². The number of hydrogen-bond acceptors (Lipinski definition) is 10. The second-order valence-corrected chi connectivity index (χ2v) is 13.1. The van der Waals surface area contributed by atoms with Crippen molar-refractivity contribution in [3.8, 4) is 11.4 Å². The molecule has 0 amide bonds. The molecular formula is C40H32F3N9S. The van der Waals surface area contributed by atoms with Gasteiger partial charge in [-0.2, -0.15) is 27.6 Å². The van der Waals surface area contributed by atoms with E-state index in [1.807, 2.05) is 67.6 Å². The average molecular weight is 728 g/mol. The van der Waals surface area contributed by atoms with Crippen molar-refractivity contribution < 1.29 is 13.2 Å². The number of halogens is 3. The van der Waals surface area contributed by atoms with Gasteiger partial charge in [-0.15, -0.1) is 25.6 Å². The minimum Gasteiger partial charge on any atom is -0.382 e. The summed E-state index contributed by atoms with van der Waals surface area (Å²) in [4.78, 5) is 4.30. The van der Waals surface area contributed by atoms with Crippen LogP contribution in [0.2, 0.25) is 0 Å². The zero-order chi connectivity index (χ0) is 37.0. The van der Waals surface area contributed by atoms with Gasteiger partial charge in [0.15, 0.2) is 5.82 Å². The number of aromatic nitrogens is 2. The van der Waals surface area contributed by atoms with Gasteiger partial charge in [0.1, 0.15) is 0 Å². The minimum absolute atomic E-state index is 0.276. The van der Waals surface area contributed by atoms with Gasteiger partial charge in [-0.1, -0.05) is 67.6 Å². The first kappa shape index (κ1) is 35.2. The fourth-order valence-corrected chi connectivity index (χ4v) is 6.14. The Morgan fingerprint density at radius 3 is 1.81 bits per heavy atom. The third-order valence-corrected chi connectivity index (χ3v) is 9.24. The van der Waals surface area contributed by atoms with Crippen LogP contribution in [0.5, 0.6) is 0 Å². The van der Waals surface area contributed by atoms with Gasteiger partial charge in [0.25, 0.3) is 0 Å². The molecule has 53 heavy (non-hydrogen) atoms. The molecule has 0 radical (unpaired) electrons. The molecule has 9 nitrogen and oxygen atoms in total. The van der Waals surface area contributed by atoms with Gasteiger partial charge in [-0.25, -0.2) is 0 Å². The molecule has 264 valence electrons. The second-order valence-electron chi connectivity index (χ2n) is 12.3. The third kappa shape index (κ3) is 8.00. The lowest BCUT2D eigenvalue weighted by molar-refractivity contribution is -0.137. The van der Waals surface area contributed by atoms with Crippen molar-refractivity contribution in [2.75, 3.05) is 5.32 Å². The lowest BCUT2D eigenvalue weighted by Crippen LogP contribution is -2.13. The first-order chi connectivity index (χ1) is 25.7. The molecule has 0 aliphatic heterocycles. The van der Waals surface area contributed by atoms with Crippen LogP contribution in [0, 0.1) is 6.92 Å². The maximum absolute atomic E-state index is 12.9. The summed E-state index contributed by atoms with van der Waals surface area (Å²) in [6.07, 6.45) is -3.39. The van der Waals surface area contributed by atoms with Gasteiger partial charge in [0.05, 0.1) is 34.0 Å². The molecule has 0 bridgehead atoms. The van der Waals surface area contributed by atoms with Crippen LogP contribution in [-0.4, -0.2) is 15.4 Å². The normalized spacial score (nSPS) is 12.9. The van der Waals surface area contributed by atoms with Crippen molar-refractivity contribution >= 4 is 72.3 Å². The molecule has 1 unspecified atom stereocenters. The Hall–Kier alpha value is -6.21. The maximum Gasteiger partial charge on any atom is 0.416 e. The Morgan fingerprint density at radius 1 is 0.660 bits per heavy atom. The number of aryl methyl sites for hydroxylation is 1. The number of rotatable bonds is 10. The molecular weight excluding hydrogens is 696 g/mol. The maximum atomic E-state index is 12.9. The third-order valence-electron chi connectivity index (χ3n) is 8.64. The summed E-state index contributed by atoms with van der Waals surface area (Å²) in [6.45, 7) is 6.21. The first-order valence-electron chi connectivity index (χ1n) is 16.8. The molecule has 1 aromatic heterocycles. The molecule has 1 heterocycles. The number of fused-ring (bicyclic) bond motifs is 2. The van der Waals surface area contributed by atoms with E-state index < -0.39 is 11.7 Å². The number of hydrogen-bond donors (Lipinski definition) is 1. The quantitative estimate of drug-likeness (QED) is 0.142. The number of nitrogens with zero attached hydrogens (tertiary/aromatic N) is 8. The standard InChI is InChI=1S/C40H32F3N9S/c1-4-25(3)44-34-19-20-36(30-10-6-5-9-29(30)34)49-50-37-22-21-35(31-11-7-8-12-32(31)37)48-46-28-17-18-33(24(2)23-28)47-51-39-45-38(52-53-39)26-13-15-27(16-14-26)40(41,42)43/h5-23,25,44H,4H2,1-3H3. The van der Waals surface area contributed by atoms with Crippen LogP contribution in [0.3, 0.4) is 0 Å². The summed E-state index contributed by atoms with van der Waals surface area (Å²) in [6, 6.07) is 34.4. The molecule has 1 N–H and O–H groups in total. The lowest BCUT2D eigenvalue weighted by Gasteiger charge is -2.15. The van der Waals surface area contributed by atoms with Crippen molar-refractivity contribution in [3.63, 3.8) is 0 Å². The number of nitrogens with one attached hydrogen (secondary N) is 1. The summed E-state index contributed by atoms with van der Waals surface area (Å²) in [5.74, 6) is 0.280. The van der Waals surface area contributed by atoms with Crippen molar-refractivity contribution in [2.45, 2.75) is 39.4 Å². The second kappa shape index (κ2) is 15.2. The minimum atomic E-state index is -4.41. The highest BCUT2D eigenvalue weighted by atomic mass is 32.1. The van der Waals surface area contributed by atoms with Crippen molar-refractivity contribution in [1.29, 1.82) is 0 Å². The van der Waals surface area contributed by atoms with Crippen molar-refractivity contribution in [2.24, 2.45) is 30.7 Å². The first-order valence-corrected chi connectivity index (χ1v) is 17.6. The number of alkyl halides is 3. The van der Waals surface area contributed by atoms with Crippen LogP contribution in [0.4, 0.5) is 52.4 Å². The predicted octanol–water partition coefficient (Wildman–Crippen LogP) is 14.3. The molecule has 0 spiro atoms. The summed E-state index contributed by atoms with van der Waals surface area (Å²) >= 11 is 1.00. The topological polar surface area (TPSA) is 112 Å². The zero-order valence-electron chi connectivity index (χ0n) is 28.9. The molecule has 7 rings (SSSR count). The van der Waals surface area contributed by atoms with E-state index in [9.17, 15) is 13.2 Å². The molecule has 1 atom stereocenters. The van der Waals surface area contributed by atoms with E-state index in [-0.39, 0.29) is 11.0 Å². The molecule has 7 aromatic rings. The van der Waals surface area contributed by atoms with Crippen LogP contribution < -0.4 is 5.32 Å². The lowest BCUT2D eigenvalue weighted by atomic mass is 10.1. The van der Waals surface area contributed by atoms with Gasteiger partial charge >= 0.3 is 6.18 Å². The summed E-state index contributed by atoms with van der Waals surface area (Å²) in [7, 11) is 0. The number of azo groups is 3. The van der Waals surface area contributed by atoms with E-state index in [0.717, 1.165) is 74.3 Å². The Bertz CT molecular complexity index is 2510. The molecule has 6 aromatic carbocycles. The van der Waals surface area contributed by atoms with Gasteiger partial charge in [0.2, 0.25) is 5.13 Å². The van der Waals surface area contributed by atoms with E-state index in [1.165, 1.54) is 12.1 Å². The fraction of sp³-hybridized carbons (Fsp3) is 0.150. The van der Waals surface area contributed by atoms with Crippen LogP contribution >= 0.6 is 11.5 Å². The Labute approximate surface area is 307 Å². The highest BCUT2D eigenvalue weighted by Crippen LogP contribution is 2.38. The van der Waals surface area contributed by atoms with Gasteiger partial charge in [-0.3, -0.25) is 0 Å². The van der Waals surface area contributed by atoms with Gasteiger partial charge in [-0.05, 0) is 80.4 Å². The summed E-state index contributed by atoms with van der Waals surface area (Å²) in [5.41, 5.74) is 5.04. The molecule has 0 saturated carbocycles. The molecule has 0 saturated heterocycles. The highest BCUT2D eigenvalue weighted by molar-refractivity contribution is 7.09. The predicted molar refractivity (Wildman–Crippen MR) is 205 cm³/mol. The van der Waals surface area contributed by atoms with E-state index >= 15 is 0 Å². The summed E-state index contributed by atoms with van der Waals surface area (Å²) < 4.78 is 42.9. The number of benzene rings is 6. The Balaban J connectivity index is 1.07. The van der Waals surface area contributed by atoms with Crippen molar-refractivity contribution in [3.05, 3.63) is 126 Å². The largest absolute Gasteiger partial charge is 0.416 e. The highest BCUT2D eigenvalue weighted by Gasteiger charge is 2.30. The van der Waals surface area contributed by atoms with E-state index in [4.69, 9.17) is 0 Å². The molecule has 0 aliphatic carbocycles. The van der Waals surface area contributed by atoms with Crippen molar-refractivity contribution in [1.82, 2.24) is 9.36 Å². The van der Waals surface area contributed by atoms with E-state index in [0.29, 0.717) is 28.7 Å². The van der Waals surface area contributed by atoms with E-state index in [2.05, 4.69) is 77.4 Å². The van der Waals surface area contributed by atoms with Crippen LogP contribution in [0.1, 0.15) is 31.4 Å². The van der Waals surface area contributed by atoms with Gasteiger partial charge in [0, 0.05) is 50.4 Å². The van der Waals surface area contributed by atoms with Gasteiger partial charge < -0.3 is 5.32 Å².